The highest BCUT2D eigenvalue weighted by Gasteiger charge is 2.38. The molecule has 1 amide bonds. The average Bonchev–Trinajstić information content (AvgIpc) is 2.97. The lowest BCUT2D eigenvalue weighted by Crippen LogP contribution is -2.55. The van der Waals surface area contributed by atoms with Gasteiger partial charge in [-0.3, -0.25) is 9.69 Å². The summed E-state index contributed by atoms with van der Waals surface area (Å²) in [6, 6.07) is 0.798. The number of piperazine rings is 1. The number of amides is 1. The minimum atomic E-state index is 0.168. The first-order valence-electron chi connectivity index (χ1n) is 8.19. The number of likely N-dealkylation sites (tertiary alicyclic amines) is 2. The summed E-state index contributed by atoms with van der Waals surface area (Å²) in [6.45, 7) is 7.15. The lowest BCUT2D eigenvalue weighted by Gasteiger charge is -2.39. The summed E-state index contributed by atoms with van der Waals surface area (Å²) in [5.74, 6) is 0.392. The first kappa shape index (κ1) is 14.3. The van der Waals surface area contributed by atoms with Crippen molar-refractivity contribution < 1.29 is 4.79 Å². The Kier molecular flexibility index (Phi) is 4.58. The van der Waals surface area contributed by atoms with E-state index in [2.05, 4.69) is 27.1 Å². The number of rotatable bonds is 2. The van der Waals surface area contributed by atoms with Gasteiger partial charge in [0.05, 0.1) is 6.04 Å². The van der Waals surface area contributed by atoms with Crippen LogP contribution in [0.2, 0.25) is 0 Å². The van der Waals surface area contributed by atoms with Crippen LogP contribution in [0.4, 0.5) is 0 Å². The molecule has 0 radical (unpaired) electrons. The van der Waals surface area contributed by atoms with Crippen molar-refractivity contribution in [3.63, 3.8) is 0 Å². The Morgan fingerprint density at radius 1 is 1.00 bits per heavy atom. The maximum Gasteiger partial charge on any atom is 0.240 e. The number of nitrogens with one attached hydrogen (secondary N) is 1. The summed E-state index contributed by atoms with van der Waals surface area (Å²) in [4.78, 5) is 19.8. The van der Waals surface area contributed by atoms with E-state index < -0.39 is 0 Å². The molecule has 0 spiro atoms. The minimum Gasteiger partial charge on any atom is -0.339 e. The molecule has 3 aliphatic rings. The van der Waals surface area contributed by atoms with E-state index in [0.717, 1.165) is 39.1 Å². The number of carbonyl (C=O) groups is 1. The summed E-state index contributed by atoms with van der Waals surface area (Å²) >= 11 is 0. The molecule has 5 heteroatoms. The maximum atomic E-state index is 12.8. The van der Waals surface area contributed by atoms with Crippen LogP contribution in [0.5, 0.6) is 0 Å². The third-order valence-electron chi connectivity index (χ3n) is 5.17. The van der Waals surface area contributed by atoms with E-state index in [1.54, 1.807) is 0 Å². The number of hydrogen-bond donors (Lipinski definition) is 1. The van der Waals surface area contributed by atoms with Crippen molar-refractivity contribution in [2.24, 2.45) is 0 Å². The Morgan fingerprint density at radius 2 is 1.70 bits per heavy atom. The zero-order chi connectivity index (χ0) is 13.9. The summed E-state index contributed by atoms with van der Waals surface area (Å²) in [5, 5.41) is 3.33. The molecule has 0 bridgehead atoms. The quantitative estimate of drug-likeness (QED) is 0.771. The lowest BCUT2D eigenvalue weighted by molar-refractivity contribution is -0.137. The van der Waals surface area contributed by atoms with Gasteiger partial charge in [-0.25, -0.2) is 0 Å². The number of nitrogens with zero attached hydrogens (tertiary/aromatic N) is 3. The Hall–Kier alpha value is -0.650. The summed E-state index contributed by atoms with van der Waals surface area (Å²) in [5.41, 5.74) is 0. The van der Waals surface area contributed by atoms with Gasteiger partial charge in [0.25, 0.3) is 0 Å². The van der Waals surface area contributed by atoms with Gasteiger partial charge in [0.15, 0.2) is 0 Å². The fourth-order valence-corrected chi connectivity index (χ4v) is 3.91. The second-order valence-electron chi connectivity index (χ2n) is 6.51. The van der Waals surface area contributed by atoms with Crippen molar-refractivity contribution in [3.8, 4) is 0 Å². The number of hydrogen-bond acceptors (Lipinski definition) is 4. The van der Waals surface area contributed by atoms with E-state index in [4.69, 9.17) is 0 Å². The van der Waals surface area contributed by atoms with Crippen molar-refractivity contribution >= 4 is 5.91 Å². The molecule has 3 saturated heterocycles. The molecule has 0 aliphatic carbocycles. The van der Waals surface area contributed by atoms with Crippen LogP contribution in [0.15, 0.2) is 0 Å². The SMILES string of the molecule is CN1CCC(N2CCCC2C(=O)N2CCNCC2)CC1. The molecule has 3 fully saturated rings. The van der Waals surface area contributed by atoms with Gasteiger partial charge in [-0.15, -0.1) is 0 Å². The topological polar surface area (TPSA) is 38.8 Å². The highest BCUT2D eigenvalue weighted by atomic mass is 16.2. The zero-order valence-corrected chi connectivity index (χ0v) is 12.7. The molecule has 1 unspecified atom stereocenters. The van der Waals surface area contributed by atoms with Gasteiger partial charge in [0.1, 0.15) is 0 Å². The summed E-state index contributed by atoms with van der Waals surface area (Å²) in [6.07, 6.45) is 4.70. The van der Waals surface area contributed by atoms with E-state index in [9.17, 15) is 4.79 Å². The Balaban J connectivity index is 1.61. The highest BCUT2D eigenvalue weighted by Crippen LogP contribution is 2.27. The molecular weight excluding hydrogens is 252 g/mol. The molecule has 1 N–H and O–H groups in total. The number of carbonyl (C=O) groups excluding carboxylic acids is 1. The summed E-state index contributed by atoms with van der Waals surface area (Å²) in [7, 11) is 2.20. The standard InChI is InChI=1S/C15H28N4O/c1-17-9-4-13(5-10-17)19-8-2-3-14(19)15(20)18-11-6-16-7-12-18/h13-14,16H,2-12H2,1H3. The van der Waals surface area contributed by atoms with Crippen molar-refractivity contribution in [3.05, 3.63) is 0 Å². The second-order valence-corrected chi connectivity index (χ2v) is 6.51. The van der Waals surface area contributed by atoms with Gasteiger partial charge in [-0.05, 0) is 52.4 Å². The Morgan fingerprint density at radius 3 is 2.40 bits per heavy atom. The third kappa shape index (κ3) is 3.00. The number of piperidine rings is 1. The molecule has 20 heavy (non-hydrogen) atoms. The normalized spacial score (nSPS) is 30.9. The van der Waals surface area contributed by atoms with Gasteiger partial charge in [0.2, 0.25) is 5.91 Å². The molecule has 1 atom stereocenters. The fraction of sp³-hybridized carbons (Fsp3) is 0.933. The molecule has 3 rings (SSSR count). The second kappa shape index (κ2) is 6.41. The third-order valence-corrected chi connectivity index (χ3v) is 5.17. The predicted molar refractivity (Wildman–Crippen MR) is 79.7 cm³/mol. The fourth-order valence-electron chi connectivity index (χ4n) is 3.91. The van der Waals surface area contributed by atoms with Gasteiger partial charge >= 0.3 is 0 Å². The molecule has 0 saturated carbocycles. The predicted octanol–water partition coefficient (Wildman–Crippen LogP) is -0.0232. The minimum absolute atomic E-state index is 0.168. The van der Waals surface area contributed by atoms with Crippen LogP contribution in [-0.4, -0.2) is 85.6 Å². The molecule has 0 aromatic carbocycles. The molecule has 5 nitrogen and oxygen atoms in total. The largest absolute Gasteiger partial charge is 0.339 e. The summed E-state index contributed by atoms with van der Waals surface area (Å²) < 4.78 is 0. The Labute approximate surface area is 122 Å². The van der Waals surface area contributed by atoms with E-state index >= 15 is 0 Å². The van der Waals surface area contributed by atoms with E-state index in [0.29, 0.717) is 11.9 Å². The van der Waals surface area contributed by atoms with E-state index in [1.165, 1.54) is 32.4 Å². The van der Waals surface area contributed by atoms with Crippen molar-refractivity contribution in [2.45, 2.75) is 37.8 Å². The zero-order valence-electron chi connectivity index (χ0n) is 12.7. The molecular formula is C15H28N4O. The van der Waals surface area contributed by atoms with Crippen molar-refractivity contribution in [1.82, 2.24) is 20.0 Å². The van der Waals surface area contributed by atoms with Crippen molar-refractivity contribution in [2.75, 3.05) is 52.9 Å². The van der Waals surface area contributed by atoms with Gasteiger partial charge < -0.3 is 15.1 Å². The molecule has 0 aromatic rings. The Bertz CT molecular complexity index is 335. The monoisotopic (exact) mass is 280 g/mol. The average molecular weight is 280 g/mol. The van der Waals surface area contributed by atoms with Crippen LogP contribution >= 0.6 is 0 Å². The van der Waals surface area contributed by atoms with Crippen LogP contribution in [-0.2, 0) is 4.79 Å². The van der Waals surface area contributed by atoms with Crippen LogP contribution < -0.4 is 5.32 Å². The van der Waals surface area contributed by atoms with Crippen LogP contribution in [0.3, 0.4) is 0 Å². The first-order valence-corrected chi connectivity index (χ1v) is 8.19. The molecule has 3 aliphatic heterocycles. The van der Waals surface area contributed by atoms with E-state index in [-0.39, 0.29) is 6.04 Å². The van der Waals surface area contributed by atoms with Crippen molar-refractivity contribution in [1.29, 1.82) is 0 Å². The van der Waals surface area contributed by atoms with Crippen LogP contribution in [0.1, 0.15) is 25.7 Å². The smallest absolute Gasteiger partial charge is 0.240 e. The van der Waals surface area contributed by atoms with Gasteiger partial charge in [-0.1, -0.05) is 0 Å². The van der Waals surface area contributed by atoms with Crippen LogP contribution in [0, 0.1) is 0 Å². The van der Waals surface area contributed by atoms with Gasteiger partial charge in [0, 0.05) is 32.2 Å². The highest BCUT2D eigenvalue weighted by molar-refractivity contribution is 5.82. The van der Waals surface area contributed by atoms with Gasteiger partial charge in [-0.2, -0.15) is 0 Å². The molecule has 3 heterocycles. The van der Waals surface area contributed by atoms with E-state index in [1.807, 2.05) is 0 Å². The molecule has 0 aromatic heterocycles. The first-order chi connectivity index (χ1) is 9.75. The van der Waals surface area contributed by atoms with Crippen LogP contribution in [0.25, 0.3) is 0 Å². The lowest BCUT2D eigenvalue weighted by atomic mass is 10.0. The molecule has 114 valence electrons. The maximum absolute atomic E-state index is 12.8.